The SMILES string of the molecule is C.CCOC(=O)n1nc(N)c2c1C(C)(C)N(C(=O)OC(C)(C)C)C2.CCOC(=O)n1nc(NC(=O)c2ccc(Br)cn2)c2c1C(C)(C)N(C(=O)OC(C)(C)C)C2.CCOC(=O)n1nc(NC(=O)c2ccc(C#N)cn2)c2c1C(C)(C)N(C(=O)OC(C)(C)C)C2.CCOC(=O)n1nc(NC(=O)c2ccc(C#N)cn2)c2c1C(C)(C)NC2.O=C(O)c1ccc(Br)cn1. The van der Waals surface area contributed by atoms with Gasteiger partial charge < -0.3 is 65.3 Å². The molecule has 125 heavy (non-hydrogen) atoms. The third-order valence-electron chi connectivity index (χ3n) is 18.4. The van der Waals surface area contributed by atoms with E-state index in [4.69, 9.17) is 54.5 Å². The largest absolute Gasteiger partial charge is 0.477 e. The van der Waals surface area contributed by atoms with Crippen LogP contribution in [0.4, 0.5) is 56.8 Å². The lowest BCUT2D eigenvalue weighted by Gasteiger charge is -2.34. The maximum Gasteiger partial charge on any atom is 0.435 e. The minimum Gasteiger partial charge on any atom is -0.477 e. The number of aromatic carboxylic acids is 1. The van der Waals surface area contributed by atoms with Gasteiger partial charge in [0.1, 0.15) is 51.7 Å². The fourth-order valence-electron chi connectivity index (χ4n) is 12.9. The van der Waals surface area contributed by atoms with E-state index < -0.39 is 105 Å². The van der Waals surface area contributed by atoms with E-state index in [0.717, 1.165) is 28.6 Å². The number of carboxylic acid groups (broad SMARTS) is 1. The van der Waals surface area contributed by atoms with Crippen LogP contribution in [-0.2, 0) is 81.5 Å². The third-order valence-corrected chi connectivity index (χ3v) is 19.4. The summed E-state index contributed by atoms with van der Waals surface area (Å²) in [5, 5.41) is 54.3. The molecule has 12 rings (SSSR count). The number of hydrogen-bond acceptors (Lipinski definition) is 30. The summed E-state index contributed by atoms with van der Waals surface area (Å²) in [6.45, 7) is 38.9. The van der Waals surface area contributed by atoms with Crippen molar-refractivity contribution in [2.45, 2.75) is 218 Å². The molecule has 6 amide bonds. The highest BCUT2D eigenvalue weighted by Gasteiger charge is 2.52. The van der Waals surface area contributed by atoms with Gasteiger partial charge in [0.15, 0.2) is 23.3 Å². The lowest BCUT2D eigenvalue weighted by atomic mass is 10.0. The van der Waals surface area contributed by atoms with Gasteiger partial charge in [-0.3, -0.25) is 29.1 Å². The molecule has 0 fully saturated rings. The average Bonchev–Trinajstić information content (AvgIpc) is 1.59. The van der Waals surface area contributed by atoms with Crippen LogP contribution in [0.2, 0.25) is 0 Å². The number of nitrogens with two attached hydrogens (primary N) is 1. The number of nitrogens with zero attached hydrogens (tertiary/aromatic N) is 17. The summed E-state index contributed by atoms with van der Waals surface area (Å²) in [5.41, 5.74) is 6.25. The molecule has 43 heteroatoms. The number of nitriles is 2. The Morgan fingerprint density at radius 2 is 0.728 bits per heavy atom. The van der Waals surface area contributed by atoms with Crippen molar-refractivity contribution in [3.8, 4) is 12.1 Å². The van der Waals surface area contributed by atoms with Gasteiger partial charge in [0.25, 0.3) is 17.7 Å². The molecule has 41 nitrogen and oxygen atoms in total. The predicted octanol–water partition coefficient (Wildman–Crippen LogP) is 14.1. The maximum absolute atomic E-state index is 12.9. The monoisotopic (exact) mass is 1860 g/mol. The van der Waals surface area contributed by atoms with Gasteiger partial charge >= 0.3 is 48.6 Å². The zero-order valence-corrected chi connectivity index (χ0v) is 75.5. The fourth-order valence-corrected chi connectivity index (χ4v) is 13.4. The summed E-state index contributed by atoms with van der Waals surface area (Å²) in [5.74, 6) is -1.81. The van der Waals surface area contributed by atoms with Crippen molar-refractivity contribution in [1.82, 2.24) is 79.1 Å². The van der Waals surface area contributed by atoms with Crippen LogP contribution in [0.5, 0.6) is 0 Å². The minimum atomic E-state index is -1.01. The Bertz CT molecular complexity index is 5490. The molecule has 7 N–H and O–H groups in total. The lowest BCUT2D eigenvalue weighted by Crippen LogP contribution is -2.44. The van der Waals surface area contributed by atoms with Crippen LogP contribution >= 0.6 is 31.9 Å². The Labute approximate surface area is 737 Å². The first-order chi connectivity index (χ1) is 57.8. The van der Waals surface area contributed by atoms with Gasteiger partial charge in [-0.15, -0.1) is 20.4 Å². The van der Waals surface area contributed by atoms with Crippen LogP contribution in [-0.4, -0.2) is 188 Å². The number of amides is 6. The van der Waals surface area contributed by atoms with E-state index in [1.165, 1.54) is 74.5 Å². The molecule has 0 radical (unpaired) electrons. The smallest absolute Gasteiger partial charge is 0.435 e. The number of anilines is 4. The van der Waals surface area contributed by atoms with E-state index in [-0.39, 0.29) is 99.5 Å². The Hall–Kier alpha value is -13.3. The fraction of sp³-hybridized carbons (Fsp3) is 0.451. The summed E-state index contributed by atoms with van der Waals surface area (Å²) in [4.78, 5) is 156. The van der Waals surface area contributed by atoms with Crippen LogP contribution in [0.15, 0.2) is 82.3 Å². The molecule has 4 aliphatic rings. The van der Waals surface area contributed by atoms with Crippen LogP contribution in [0.3, 0.4) is 0 Å². The molecular formula is C82H102Br2N22O19. The number of hydrogen-bond donors (Lipinski definition) is 6. The first kappa shape index (κ1) is 98.8. The number of ether oxygens (including phenoxy) is 7. The highest BCUT2D eigenvalue weighted by molar-refractivity contribution is 9.10. The Balaban J connectivity index is 0.000000221. The van der Waals surface area contributed by atoms with Gasteiger partial charge in [-0.2, -0.15) is 29.3 Å². The summed E-state index contributed by atoms with van der Waals surface area (Å²) in [7, 11) is 0. The van der Waals surface area contributed by atoms with Crippen molar-refractivity contribution in [3.63, 3.8) is 0 Å². The number of carbonyl (C=O) groups excluding carboxylic acids is 10. The first-order valence-corrected chi connectivity index (χ1v) is 40.2. The van der Waals surface area contributed by atoms with E-state index in [1.54, 1.807) is 136 Å². The highest BCUT2D eigenvalue weighted by atomic mass is 79.9. The van der Waals surface area contributed by atoms with Gasteiger partial charge in [0.05, 0.1) is 102 Å². The molecule has 0 saturated carbocycles. The van der Waals surface area contributed by atoms with Crippen LogP contribution in [0.1, 0.15) is 251 Å². The van der Waals surface area contributed by atoms with Crippen molar-refractivity contribution < 1.29 is 91.0 Å². The highest BCUT2D eigenvalue weighted by Crippen LogP contribution is 2.46. The number of aromatic nitrogens is 12. The number of rotatable bonds is 11. The summed E-state index contributed by atoms with van der Waals surface area (Å²) >= 11 is 6.42. The average molecular weight is 1860 g/mol. The Kier molecular flexibility index (Phi) is 31.2. The normalized spacial score (nSPS) is 14.2. The van der Waals surface area contributed by atoms with E-state index in [9.17, 15) is 52.7 Å². The van der Waals surface area contributed by atoms with Crippen LogP contribution in [0.25, 0.3) is 0 Å². The zero-order chi connectivity index (χ0) is 92.4. The number of nitrogen functional groups attached to an aromatic ring is 1. The molecule has 12 heterocycles. The number of fused-ring (bicyclic) bond motifs is 4. The van der Waals surface area contributed by atoms with Gasteiger partial charge in [-0.05, 0) is 226 Å². The second-order valence-electron chi connectivity index (χ2n) is 32.5. The maximum atomic E-state index is 12.9. The molecule has 0 saturated heterocycles. The molecular weight excluding hydrogens is 1760 g/mol. The van der Waals surface area contributed by atoms with Crippen molar-refractivity contribution in [2.24, 2.45) is 0 Å². The molecule has 0 spiro atoms. The number of nitrogens with one attached hydrogen (secondary N) is 4. The summed E-state index contributed by atoms with van der Waals surface area (Å²) in [6.07, 6.45) is 1.34. The second kappa shape index (κ2) is 39.5. The van der Waals surface area contributed by atoms with Crippen molar-refractivity contribution in [2.75, 3.05) is 48.1 Å². The molecule has 8 aromatic heterocycles. The Morgan fingerprint density at radius 3 is 1.02 bits per heavy atom. The molecule has 0 aliphatic carbocycles. The molecule has 0 atom stereocenters. The molecule has 0 bridgehead atoms. The zero-order valence-electron chi connectivity index (χ0n) is 72.3. The number of halogens is 2. The molecule has 8 aromatic rings. The topological polar surface area (TPSA) is 527 Å². The summed E-state index contributed by atoms with van der Waals surface area (Å²) < 4.78 is 42.8. The van der Waals surface area contributed by atoms with Crippen LogP contribution in [0, 0.1) is 22.7 Å². The first-order valence-electron chi connectivity index (χ1n) is 38.6. The minimum absolute atomic E-state index is 0. The van der Waals surface area contributed by atoms with E-state index >= 15 is 0 Å². The van der Waals surface area contributed by atoms with E-state index in [0.29, 0.717) is 57.1 Å². The third kappa shape index (κ3) is 23.2. The van der Waals surface area contributed by atoms with Crippen molar-refractivity contribution in [1.29, 1.82) is 10.5 Å². The van der Waals surface area contributed by atoms with Crippen molar-refractivity contribution >= 4 is 121 Å². The summed E-state index contributed by atoms with van der Waals surface area (Å²) in [6, 6.07) is 16.0. The Morgan fingerprint density at radius 1 is 0.440 bits per heavy atom. The van der Waals surface area contributed by atoms with E-state index in [2.05, 4.69) is 93.5 Å². The predicted molar refractivity (Wildman–Crippen MR) is 457 cm³/mol. The van der Waals surface area contributed by atoms with E-state index in [1.807, 2.05) is 39.8 Å². The molecule has 4 aliphatic heterocycles. The molecule has 0 unspecified atom stereocenters. The molecule has 0 aromatic carbocycles. The van der Waals surface area contributed by atoms with Gasteiger partial charge in [0, 0.05) is 62.5 Å². The van der Waals surface area contributed by atoms with Gasteiger partial charge in [0.2, 0.25) is 0 Å². The standard InChI is InChI=1S/C22H26N6O5.C21H26BrN5O5.C17H18N6O3.C15H24N4O4.C6H4BrNO2.CH4/c1-7-32-20(31)28-16-14(12-27(22(16,5)6)19(30)33-21(2,3)4)17(26-28)25-18(29)15-9-8-13(10-23)11-24-15;1-7-31-19(30)27-15-13(11-26(21(15,5)6)18(29)32-20(2,3)4)16(25-27)24-17(28)14-9-8-12(22)10-23-14;1-4-26-16(25)23-13-11(9-20-17(13,2)3)14(22-23)21-15(24)12-6-5-10(7-18)8-19-12;1-7-22-13(21)19-10-9(11(16)17-19)8-18(15(10,5)6)12(20)23-14(2,3)4;7-4-1-2-5(6(9)10)8-3-4;/h8-9,11H,7,12H2,1-6H3,(H,25,26,29);8-10H,7,11H2,1-6H3,(H,24,25,28);5-6,8,20H,4,9H2,1-3H3,(H,21,22,24);7-8H2,1-6H3,(H2,16,17);1-3H,(H,9,10);1H4. The lowest BCUT2D eigenvalue weighted by molar-refractivity contribution is 0.00285. The van der Waals surface area contributed by atoms with Gasteiger partial charge in [-0.25, -0.2) is 58.3 Å². The van der Waals surface area contributed by atoms with Gasteiger partial charge in [-0.1, -0.05) is 7.43 Å². The quantitative estimate of drug-likeness (QED) is 0.0655. The molecule has 668 valence electrons. The second-order valence-corrected chi connectivity index (χ2v) is 34.3. The number of carboxylic acids is 1. The van der Waals surface area contributed by atoms with Crippen molar-refractivity contribution in [3.05, 3.63) is 161 Å². The van der Waals surface area contributed by atoms with Crippen LogP contribution < -0.4 is 27.0 Å². The number of carbonyl (C=O) groups is 11. The number of pyridine rings is 4.